The highest BCUT2D eigenvalue weighted by molar-refractivity contribution is 6.14. The molecule has 0 spiro atoms. The second kappa shape index (κ2) is 6.50. The molecule has 0 bridgehead atoms. The lowest BCUT2D eigenvalue weighted by atomic mass is 9.87. The summed E-state index contributed by atoms with van der Waals surface area (Å²) >= 11 is 0. The van der Waals surface area contributed by atoms with Gasteiger partial charge < -0.3 is 18.9 Å². The number of hydrogen-bond acceptors (Lipinski definition) is 5. The van der Waals surface area contributed by atoms with E-state index in [1.807, 2.05) is 48.6 Å². The van der Waals surface area contributed by atoms with Crippen molar-refractivity contribution < 1.29 is 23.7 Å². The van der Waals surface area contributed by atoms with Crippen LogP contribution in [0.15, 0.2) is 47.5 Å². The van der Waals surface area contributed by atoms with Crippen LogP contribution in [-0.2, 0) is 4.79 Å². The second-order valence-corrected chi connectivity index (χ2v) is 6.75. The van der Waals surface area contributed by atoms with E-state index in [1.165, 1.54) is 0 Å². The molecule has 0 N–H and O–H groups in total. The number of ether oxygens (including phenoxy) is 4. The Balaban J connectivity index is 1.42. The zero-order chi connectivity index (χ0) is 18.2. The molecule has 2 aromatic carbocycles. The molecule has 0 saturated heterocycles. The van der Waals surface area contributed by atoms with Crippen molar-refractivity contribution in [1.29, 1.82) is 0 Å². The van der Waals surface area contributed by atoms with E-state index in [1.54, 1.807) is 0 Å². The van der Waals surface area contributed by atoms with Crippen LogP contribution in [0.5, 0.6) is 23.0 Å². The zero-order valence-electron chi connectivity index (χ0n) is 14.7. The molecule has 2 aromatic rings. The van der Waals surface area contributed by atoms with Gasteiger partial charge in [-0.15, -0.1) is 0 Å². The molecule has 5 heteroatoms. The van der Waals surface area contributed by atoms with Gasteiger partial charge in [-0.05, 0) is 66.8 Å². The highest BCUT2D eigenvalue weighted by atomic mass is 16.7. The lowest BCUT2D eigenvalue weighted by Gasteiger charge is -2.16. The first-order valence-electron chi connectivity index (χ1n) is 9.01. The Bertz CT molecular complexity index is 909. The maximum atomic E-state index is 13.0. The van der Waals surface area contributed by atoms with Crippen molar-refractivity contribution >= 4 is 17.9 Å². The Labute approximate surface area is 156 Å². The number of rotatable bonds is 2. The van der Waals surface area contributed by atoms with Gasteiger partial charge in [0.25, 0.3) is 0 Å². The van der Waals surface area contributed by atoms with Gasteiger partial charge in [-0.3, -0.25) is 4.79 Å². The van der Waals surface area contributed by atoms with E-state index in [0.29, 0.717) is 0 Å². The van der Waals surface area contributed by atoms with Crippen molar-refractivity contribution in [2.24, 2.45) is 0 Å². The fourth-order valence-electron chi connectivity index (χ4n) is 3.59. The van der Waals surface area contributed by atoms with E-state index in [0.717, 1.165) is 64.5 Å². The molecule has 5 nitrogen and oxygen atoms in total. The van der Waals surface area contributed by atoms with Crippen LogP contribution in [0.25, 0.3) is 12.2 Å². The van der Waals surface area contributed by atoms with Crippen LogP contribution in [0.1, 0.15) is 30.4 Å². The van der Waals surface area contributed by atoms with Gasteiger partial charge in [0.2, 0.25) is 13.6 Å². The Morgan fingerprint density at radius 3 is 1.67 bits per heavy atom. The van der Waals surface area contributed by atoms with Crippen LogP contribution >= 0.6 is 0 Å². The molecule has 0 amide bonds. The first-order chi connectivity index (χ1) is 13.3. The summed E-state index contributed by atoms with van der Waals surface area (Å²) in [5, 5.41) is 0. The van der Waals surface area contributed by atoms with E-state index < -0.39 is 0 Å². The number of benzene rings is 2. The van der Waals surface area contributed by atoms with Gasteiger partial charge in [-0.25, -0.2) is 0 Å². The molecule has 0 radical (unpaired) electrons. The van der Waals surface area contributed by atoms with Gasteiger partial charge in [0.15, 0.2) is 28.8 Å². The van der Waals surface area contributed by atoms with Gasteiger partial charge in [-0.2, -0.15) is 0 Å². The predicted octanol–water partition coefficient (Wildman–Crippen LogP) is 4.36. The van der Waals surface area contributed by atoms with Gasteiger partial charge in [-0.1, -0.05) is 12.1 Å². The molecule has 3 aliphatic rings. The molecule has 1 fully saturated rings. The lowest BCUT2D eigenvalue weighted by Crippen LogP contribution is -2.12. The Morgan fingerprint density at radius 2 is 1.15 bits per heavy atom. The van der Waals surface area contributed by atoms with Crippen LogP contribution in [0.2, 0.25) is 0 Å². The summed E-state index contributed by atoms with van der Waals surface area (Å²) in [4.78, 5) is 13.0. The minimum atomic E-state index is 0.108. The summed E-state index contributed by atoms with van der Waals surface area (Å²) in [6.45, 7) is 0.493. The third kappa shape index (κ3) is 3.05. The Kier molecular flexibility index (Phi) is 3.85. The summed E-state index contributed by atoms with van der Waals surface area (Å²) < 4.78 is 21.5. The fourth-order valence-corrected chi connectivity index (χ4v) is 3.59. The minimum absolute atomic E-state index is 0.108. The highest BCUT2D eigenvalue weighted by Gasteiger charge is 2.22. The van der Waals surface area contributed by atoms with Crippen molar-refractivity contribution in [2.45, 2.75) is 19.3 Å². The minimum Gasteiger partial charge on any atom is -0.454 e. The van der Waals surface area contributed by atoms with E-state index in [4.69, 9.17) is 18.9 Å². The number of carbonyl (C=O) groups is 1. The third-order valence-corrected chi connectivity index (χ3v) is 4.95. The SMILES string of the molecule is O=C1/C(=C\c2ccc3c(c2)OCO3)CCC/C1=C\c1ccc2c(c1)OCO2. The molecule has 0 unspecified atom stereocenters. The van der Waals surface area contributed by atoms with Crippen LogP contribution in [0, 0.1) is 0 Å². The lowest BCUT2D eigenvalue weighted by molar-refractivity contribution is -0.112. The van der Waals surface area contributed by atoms with Gasteiger partial charge in [0.05, 0.1) is 0 Å². The fraction of sp³-hybridized carbons (Fsp3) is 0.227. The smallest absolute Gasteiger partial charge is 0.231 e. The van der Waals surface area contributed by atoms with Crippen LogP contribution in [0.4, 0.5) is 0 Å². The molecule has 136 valence electrons. The molecule has 2 heterocycles. The summed E-state index contributed by atoms with van der Waals surface area (Å²) in [7, 11) is 0. The summed E-state index contributed by atoms with van der Waals surface area (Å²) in [5.74, 6) is 3.05. The first-order valence-corrected chi connectivity index (χ1v) is 9.01. The van der Waals surface area contributed by atoms with Crippen LogP contribution < -0.4 is 18.9 Å². The summed E-state index contributed by atoms with van der Waals surface area (Å²) in [6, 6.07) is 11.5. The van der Waals surface area contributed by atoms with Crippen molar-refractivity contribution in [3.63, 3.8) is 0 Å². The van der Waals surface area contributed by atoms with E-state index >= 15 is 0 Å². The maximum absolute atomic E-state index is 13.0. The summed E-state index contributed by atoms with van der Waals surface area (Å²) in [5.41, 5.74) is 3.55. The molecule has 27 heavy (non-hydrogen) atoms. The van der Waals surface area contributed by atoms with Crippen molar-refractivity contribution in [3.8, 4) is 23.0 Å². The highest BCUT2D eigenvalue weighted by Crippen LogP contribution is 2.36. The molecule has 1 saturated carbocycles. The van der Waals surface area contributed by atoms with Gasteiger partial charge >= 0.3 is 0 Å². The van der Waals surface area contributed by atoms with E-state index in [9.17, 15) is 4.79 Å². The maximum Gasteiger partial charge on any atom is 0.231 e. The normalized spacial score (nSPS) is 20.5. The Hall–Kier alpha value is -3.21. The number of carbonyl (C=O) groups excluding carboxylic acids is 1. The van der Waals surface area contributed by atoms with Gasteiger partial charge in [0.1, 0.15) is 0 Å². The predicted molar refractivity (Wildman–Crippen MR) is 99.9 cm³/mol. The molecule has 1 aliphatic carbocycles. The zero-order valence-corrected chi connectivity index (χ0v) is 14.7. The summed E-state index contributed by atoms with van der Waals surface area (Å²) in [6.07, 6.45) is 6.43. The van der Waals surface area contributed by atoms with Crippen molar-refractivity contribution in [2.75, 3.05) is 13.6 Å². The van der Waals surface area contributed by atoms with Crippen molar-refractivity contribution in [3.05, 3.63) is 58.7 Å². The third-order valence-electron chi connectivity index (χ3n) is 4.95. The average molecular weight is 362 g/mol. The van der Waals surface area contributed by atoms with E-state index in [2.05, 4.69) is 0 Å². The van der Waals surface area contributed by atoms with E-state index in [-0.39, 0.29) is 19.4 Å². The monoisotopic (exact) mass is 362 g/mol. The number of fused-ring (bicyclic) bond motifs is 2. The van der Waals surface area contributed by atoms with Crippen LogP contribution in [-0.4, -0.2) is 19.4 Å². The number of allylic oxidation sites excluding steroid dienone is 2. The molecular formula is C22H18O5. The average Bonchev–Trinajstić information content (AvgIpc) is 3.33. The molecule has 5 rings (SSSR count). The quantitative estimate of drug-likeness (QED) is 0.743. The molecule has 2 aliphatic heterocycles. The topological polar surface area (TPSA) is 54.0 Å². The standard InChI is InChI=1S/C22H18O5/c23-22-16(8-14-4-6-18-20(10-14)26-12-24-18)2-1-3-17(22)9-15-5-7-19-21(11-15)27-13-25-19/h4-11H,1-3,12-13H2/b16-8-,17-9+. The molecule has 0 atom stereocenters. The second-order valence-electron chi connectivity index (χ2n) is 6.75. The van der Waals surface area contributed by atoms with Crippen molar-refractivity contribution in [1.82, 2.24) is 0 Å². The molecule has 0 aromatic heterocycles. The number of hydrogen-bond donors (Lipinski definition) is 0. The largest absolute Gasteiger partial charge is 0.454 e. The Morgan fingerprint density at radius 1 is 0.667 bits per heavy atom. The van der Waals surface area contributed by atoms with Gasteiger partial charge in [0, 0.05) is 11.1 Å². The number of ketones is 1. The number of Topliss-reactive ketones (excluding diaryl/α,β-unsaturated/α-hetero) is 1. The molecular weight excluding hydrogens is 344 g/mol. The first kappa shape index (κ1) is 16.0. The van der Waals surface area contributed by atoms with Crippen LogP contribution in [0.3, 0.4) is 0 Å².